The maximum atomic E-state index is 12.2. The molecule has 0 spiro atoms. The minimum atomic E-state index is -0.0568. The molecule has 1 unspecified atom stereocenters. The van der Waals surface area contributed by atoms with E-state index in [0.717, 1.165) is 25.9 Å². The minimum Gasteiger partial charge on any atom is -0.332 e. The third-order valence-corrected chi connectivity index (χ3v) is 3.00. The number of aromatic amines is 1. The fraction of sp³-hybridized carbons (Fsp3) is 0.727. The molecule has 2 heterocycles. The molecule has 94 valence electrons. The zero-order valence-corrected chi connectivity index (χ0v) is 10.6. The monoisotopic (exact) mass is 237 g/mol. The van der Waals surface area contributed by atoms with E-state index >= 15 is 0 Å². The molecule has 1 atom stereocenters. The van der Waals surface area contributed by atoms with E-state index in [9.17, 15) is 4.79 Å². The predicted molar refractivity (Wildman–Crippen MR) is 63.7 cm³/mol. The van der Waals surface area contributed by atoms with Gasteiger partial charge in [0, 0.05) is 19.1 Å². The molecular formula is C11H19N5O. The summed E-state index contributed by atoms with van der Waals surface area (Å²) in [4.78, 5) is 20.3. The van der Waals surface area contributed by atoms with E-state index in [1.54, 1.807) is 6.92 Å². The molecule has 6 nitrogen and oxygen atoms in total. The van der Waals surface area contributed by atoms with Crippen molar-refractivity contribution in [2.75, 3.05) is 27.2 Å². The first-order valence-corrected chi connectivity index (χ1v) is 5.92. The second kappa shape index (κ2) is 4.83. The topological polar surface area (TPSA) is 65.1 Å². The van der Waals surface area contributed by atoms with Gasteiger partial charge in [0.2, 0.25) is 5.82 Å². The van der Waals surface area contributed by atoms with Crippen LogP contribution in [0, 0.1) is 6.92 Å². The van der Waals surface area contributed by atoms with E-state index in [-0.39, 0.29) is 17.8 Å². The SMILES string of the molecule is Cc1nc(C(=O)N2CCCC2CN(C)C)n[nH]1. The summed E-state index contributed by atoms with van der Waals surface area (Å²) in [6.07, 6.45) is 2.13. The molecule has 1 aromatic rings. The largest absolute Gasteiger partial charge is 0.332 e. The van der Waals surface area contributed by atoms with Crippen LogP contribution in [-0.2, 0) is 0 Å². The van der Waals surface area contributed by atoms with Crippen LogP contribution in [0.3, 0.4) is 0 Å². The Bertz CT molecular complexity index is 400. The zero-order chi connectivity index (χ0) is 12.4. The van der Waals surface area contributed by atoms with Crippen LogP contribution < -0.4 is 0 Å². The third kappa shape index (κ3) is 2.63. The fourth-order valence-corrected chi connectivity index (χ4v) is 2.28. The zero-order valence-electron chi connectivity index (χ0n) is 10.6. The van der Waals surface area contributed by atoms with Gasteiger partial charge in [0.15, 0.2) is 0 Å². The van der Waals surface area contributed by atoms with Crippen molar-refractivity contribution in [1.82, 2.24) is 25.0 Å². The Kier molecular flexibility index (Phi) is 3.42. The van der Waals surface area contributed by atoms with E-state index in [1.807, 2.05) is 19.0 Å². The van der Waals surface area contributed by atoms with Crippen molar-refractivity contribution >= 4 is 5.91 Å². The molecule has 0 aliphatic carbocycles. The van der Waals surface area contributed by atoms with Gasteiger partial charge in [-0.05, 0) is 33.9 Å². The van der Waals surface area contributed by atoms with Crippen LogP contribution in [0.5, 0.6) is 0 Å². The van der Waals surface area contributed by atoms with Crippen molar-refractivity contribution in [3.8, 4) is 0 Å². The molecule has 1 aliphatic rings. The fourth-order valence-electron chi connectivity index (χ4n) is 2.28. The van der Waals surface area contributed by atoms with Crippen molar-refractivity contribution in [2.45, 2.75) is 25.8 Å². The van der Waals surface area contributed by atoms with Crippen molar-refractivity contribution in [3.05, 3.63) is 11.6 Å². The van der Waals surface area contributed by atoms with Gasteiger partial charge in [-0.25, -0.2) is 4.98 Å². The number of likely N-dealkylation sites (tertiary alicyclic amines) is 1. The highest BCUT2D eigenvalue weighted by Gasteiger charge is 2.31. The summed E-state index contributed by atoms with van der Waals surface area (Å²) in [7, 11) is 4.05. The number of nitrogens with zero attached hydrogens (tertiary/aromatic N) is 4. The molecule has 1 amide bonds. The molecule has 17 heavy (non-hydrogen) atoms. The van der Waals surface area contributed by atoms with E-state index in [4.69, 9.17) is 0 Å². The van der Waals surface area contributed by atoms with Gasteiger partial charge in [-0.3, -0.25) is 9.89 Å². The number of carbonyl (C=O) groups is 1. The average Bonchev–Trinajstić information content (AvgIpc) is 2.85. The second-order valence-corrected chi connectivity index (χ2v) is 4.80. The van der Waals surface area contributed by atoms with Crippen LogP contribution >= 0.6 is 0 Å². The number of carbonyl (C=O) groups excluding carboxylic acids is 1. The summed E-state index contributed by atoms with van der Waals surface area (Å²) >= 11 is 0. The Morgan fingerprint density at radius 3 is 2.94 bits per heavy atom. The molecular weight excluding hydrogens is 218 g/mol. The molecule has 1 N–H and O–H groups in total. The lowest BCUT2D eigenvalue weighted by Gasteiger charge is -2.26. The van der Waals surface area contributed by atoms with Crippen LogP contribution in [0.2, 0.25) is 0 Å². The Hall–Kier alpha value is -1.43. The maximum Gasteiger partial charge on any atom is 0.293 e. The van der Waals surface area contributed by atoms with E-state index in [2.05, 4.69) is 20.1 Å². The number of rotatable bonds is 3. The van der Waals surface area contributed by atoms with Crippen LogP contribution in [-0.4, -0.2) is 64.1 Å². The van der Waals surface area contributed by atoms with Crippen molar-refractivity contribution < 1.29 is 4.79 Å². The molecule has 1 saturated heterocycles. The summed E-state index contributed by atoms with van der Waals surface area (Å²) in [5.74, 6) is 0.906. The summed E-state index contributed by atoms with van der Waals surface area (Å²) in [5, 5.41) is 6.64. The van der Waals surface area contributed by atoms with Crippen LogP contribution in [0.25, 0.3) is 0 Å². The van der Waals surface area contributed by atoms with Gasteiger partial charge < -0.3 is 9.80 Å². The standard InChI is InChI=1S/C11H19N5O/c1-8-12-10(14-13-8)11(17)16-6-4-5-9(16)7-15(2)3/h9H,4-7H2,1-3H3,(H,12,13,14). The van der Waals surface area contributed by atoms with Gasteiger partial charge in [-0.2, -0.15) is 0 Å². The summed E-state index contributed by atoms with van der Waals surface area (Å²) in [5.41, 5.74) is 0. The predicted octanol–water partition coefficient (Wildman–Crippen LogP) is 0.279. The van der Waals surface area contributed by atoms with Gasteiger partial charge in [-0.15, -0.1) is 5.10 Å². The number of hydrogen-bond donors (Lipinski definition) is 1. The van der Waals surface area contributed by atoms with Crippen LogP contribution in [0.1, 0.15) is 29.3 Å². The van der Waals surface area contributed by atoms with Crippen LogP contribution in [0.15, 0.2) is 0 Å². The minimum absolute atomic E-state index is 0.0568. The Morgan fingerprint density at radius 1 is 1.59 bits per heavy atom. The van der Waals surface area contributed by atoms with Gasteiger partial charge in [0.05, 0.1) is 0 Å². The molecule has 1 fully saturated rings. The number of nitrogens with one attached hydrogen (secondary N) is 1. The first kappa shape index (κ1) is 12.0. The van der Waals surface area contributed by atoms with E-state index < -0.39 is 0 Å². The Labute approximate surface area is 101 Å². The lowest BCUT2D eigenvalue weighted by molar-refractivity contribution is 0.0704. The molecule has 0 aromatic carbocycles. The van der Waals surface area contributed by atoms with E-state index in [1.165, 1.54) is 0 Å². The molecule has 1 aliphatic heterocycles. The Morgan fingerprint density at radius 2 is 2.35 bits per heavy atom. The molecule has 0 radical (unpaired) electrons. The summed E-state index contributed by atoms with van der Waals surface area (Å²) < 4.78 is 0. The summed E-state index contributed by atoms with van der Waals surface area (Å²) in [6, 6.07) is 0.288. The lowest BCUT2D eigenvalue weighted by atomic mass is 10.2. The first-order valence-electron chi connectivity index (χ1n) is 5.92. The number of aromatic nitrogens is 3. The number of amides is 1. The number of H-pyrrole nitrogens is 1. The number of hydrogen-bond acceptors (Lipinski definition) is 4. The highest BCUT2D eigenvalue weighted by atomic mass is 16.2. The van der Waals surface area contributed by atoms with Gasteiger partial charge in [0.1, 0.15) is 5.82 Å². The van der Waals surface area contributed by atoms with E-state index in [0.29, 0.717) is 5.82 Å². The Balaban J connectivity index is 2.08. The molecule has 0 saturated carbocycles. The highest BCUT2D eigenvalue weighted by molar-refractivity contribution is 5.90. The van der Waals surface area contributed by atoms with Gasteiger partial charge in [-0.1, -0.05) is 0 Å². The third-order valence-electron chi connectivity index (χ3n) is 3.00. The molecule has 1 aromatic heterocycles. The molecule has 0 bridgehead atoms. The highest BCUT2D eigenvalue weighted by Crippen LogP contribution is 2.19. The van der Waals surface area contributed by atoms with Crippen molar-refractivity contribution in [3.63, 3.8) is 0 Å². The first-order chi connectivity index (χ1) is 8.08. The molecule has 2 rings (SSSR count). The quantitative estimate of drug-likeness (QED) is 0.820. The average molecular weight is 237 g/mol. The van der Waals surface area contributed by atoms with Crippen molar-refractivity contribution in [1.29, 1.82) is 0 Å². The lowest BCUT2D eigenvalue weighted by Crippen LogP contribution is -2.41. The van der Waals surface area contributed by atoms with Crippen LogP contribution in [0.4, 0.5) is 0 Å². The number of aryl methyl sites for hydroxylation is 1. The second-order valence-electron chi connectivity index (χ2n) is 4.80. The number of likely N-dealkylation sites (N-methyl/N-ethyl adjacent to an activating group) is 1. The maximum absolute atomic E-state index is 12.2. The smallest absolute Gasteiger partial charge is 0.293 e. The normalized spacial score (nSPS) is 20.2. The van der Waals surface area contributed by atoms with Gasteiger partial charge in [0.25, 0.3) is 5.91 Å². The van der Waals surface area contributed by atoms with Gasteiger partial charge >= 0.3 is 0 Å². The summed E-state index contributed by atoms with van der Waals surface area (Å²) in [6.45, 7) is 3.51. The molecule has 6 heteroatoms. The van der Waals surface area contributed by atoms with Crippen molar-refractivity contribution in [2.24, 2.45) is 0 Å².